The van der Waals surface area contributed by atoms with E-state index < -0.39 is 35.6 Å². The molecule has 0 aliphatic rings. The second kappa shape index (κ2) is 5.67. The molecule has 4 nitrogen and oxygen atoms in total. The molecule has 0 heterocycles. The fraction of sp³-hybridized carbons (Fsp3) is 0.333. The Bertz CT molecular complexity index is 465. The third-order valence-corrected chi connectivity index (χ3v) is 2.79. The molecule has 1 rings (SSSR count). The Balaban J connectivity index is 2.87. The van der Waals surface area contributed by atoms with Gasteiger partial charge < -0.3 is 5.32 Å². The van der Waals surface area contributed by atoms with Gasteiger partial charge in [0, 0.05) is 18.7 Å². The molecule has 0 aliphatic carbocycles. The molecule has 1 aromatic carbocycles. The zero-order valence-corrected chi connectivity index (χ0v) is 10.9. The van der Waals surface area contributed by atoms with Crippen molar-refractivity contribution in [1.82, 2.24) is 0 Å². The highest BCUT2D eigenvalue weighted by Crippen LogP contribution is 2.29. The van der Waals surface area contributed by atoms with Gasteiger partial charge in [0.1, 0.15) is 11.5 Å². The lowest BCUT2D eigenvalue weighted by Crippen LogP contribution is -2.15. The quantitative estimate of drug-likeness (QED) is 0.376. The molecule has 1 aromatic rings. The van der Waals surface area contributed by atoms with Crippen molar-refractivity contribution in [1.29, 1.82) is 0 Å². The Morgan fingerprint density at radius 2 is 2.00 bits per heavy atom. The average Bonchev–Trinajstić information content (AvgIpc) is 2.20. The number of hydrogen-bond donors (Lipinski definition) is 1. The van der Waals surface area contributed by atoms with Crippen LogP contribution < -0.4 is 5.32 Å². The van der Waals surface area contributed by atoms with E-state index in [1.807, 2.05) is 0 Å². The zero-order valence-electron chi connectivity index (χ0n) is 8.72. The van der Waals surface area contributed by atoms with Crippen LogP contribution in [0.25, 0.3) is 0 Å². The van der Waals surface area contributed by atoms with Crippen molar-refractivity contribution >= 4 is 34.0 Å². The van der Waals surface area contributed by atoms with E-state index in [2.05, 4.69) is 5.32 Å². The van der Waals surface area contributed by atoms with Crippen molar-refractivity contribution in [2.75, 3.05) is 11.9 Å². The highest BCUT2D eigenvalue weighted by Gasteiger charge is 2.27. The second-order valence-electron chi connectivity index (χ2n) is 3.33. The number of alkyl halides is 3. The van der Waals surface area contributed by atoms with Gasteiger partial charge in [0.05, 0.1) is 14.9 Å². The molecule has 0 saturated heterocycles. The summed E-state index contributed by atoms with van der Waals surface area (Å²) in [6.45, 7) is -0.551. The highest BCUT2D eigenvalue weighted by atomic mass is 127. The van der Waals surface area contributed by atoms with Crippen LogP contribution in [0.2, 0.25) is 0 Å². The van der Waals surface area contributed by atoms with Gasteiger partial charge in [0.15, 0.2) is 0 Å². The predicted molar refractivity (Wildman–Crippen MR) is 64.9 cm³/mol. The van der Waals surface area contributed by atoms with E-state index in [0.29, 0.717) is 0 Å². The molecule has 100 valence electrons. The standard InChI is InChI=1S/C9H7F4IN2O2/c10-5-3-7(15-2-1-9(11,12)13)8(16(17)18)4-6(5)14/h3-4,15H,1-2H2. The molecule has 0 radical (unpaired) electrons. The summed E-state index contributed by atoms with van der Waals surface area (Å²) in [7, 11) is 0. The number of benzene rings is 1. The maximum absolute atomic E-state index is 13.2. The molecule has 18 heavy (non-hydrogen) atoms. The molecule has 0 atom stereocenters. The number of nitrogens with one attached hydrogen (secondary N) is 1. The maximum Gasteiger partial charge on any atom is 0.390 e. The molecule has 0 unspecified atom stereocenters. The minimum absolute atomic E-state index is 0.0284. The molecule has 0 aliphatic heterocycles. The fourth-order valence-corrected chi connectivity index (χ4v) is 1.62. The monoisotopic (exact) mass is 378 g/mol. The largest absolute Gasteiger partial charge is 0.390 e. The predicted octanol–water partition coefficient (Wildman–Crippen LogP) is 3.70. The van der Waals surface area contributed by atoms with Gasteiger partial charge in [-0.15, -0.1) is 0 Å². The highest BCUT2D eigenvalue weighted by molar-refractivity contribution is 14.1. The summed E-state index contributed by atoms with van der Waals surface area (Å²) in [5.41, 5.74) is -0.717. The number of nitrogens with zero attached hydrogens (tertiary/aromatic N) is 1. The van der Waals surface area contributed by atoms with Gasteiger partial charge in [-0.05, 0) is 22.6 Å². The van der Waals surface area contributed by atoms with E-state index in [1.54, 1.807) is 22.6 Å². The van der Waals surface area contributed by atoms with Crippen LogP contribution in [-0.4, -0.2) is 17.6 Å². The van der Waals surface area contributed by atoms with Crippen LogP contribution in [0, 0.1) is 19.5 Å². The van der Waals surface area contributed by atoms with Crippen molar-refractivity contribution in [2.45, 2.75) is 12.6 Å². The molecule has 9 heteroatoms. The molecular weight excluding hydrogens is 371 g/mol. The summed E-state index contributed by atoms with van der Waals surface area (Å²) in [6, 6.07) is 1.78. The van der Waals surface area contributed by atoms with Gasteiger partial charge in [-0.2, -0.15) is 13.2 Å². The number of nitro groups is 1. The Labute approximate surface area is 113 Å². The lowest BCUT2D eigenvalue weighted by Gasteiger charge is -2.09. The summed E-state index contributed by atoms with van der Waals surface area (Å²) in [5.74, 6) is -0.726. The fourth-order valence-electron chi connectivity index (χ4n) is 1.17. The second-order valence-corrected chi connectivity index (χ2v) is 4.49. The molecule has 0 saturated carbocycles. The molecule has 0 spiro atoms. The number of anilines is 1. The van der Waals surface area contributed by atoms with Gasteiger partial charge in [-0.25, -0.2) is 4.39 Å². The third-order valence-electron chi connectivity index (χ3n) is 1.96. The van der Waals surface area contributed by atoms with Gasteiger partial charge in [0.25, 0.3) is 5.69 Å². The number of hydrogen-bond acceptors (Lipinski definition) is 3. The zero-order chi connectivity index (χ0) is 13.9. The molecular formula is C9H7F4IN2O2. The minimum Gasteiger partial charge on any atom is -0.379 e. The Morgan fingerprint density at radius 3 is 2.50 bits per heavy atom. The molecule has 0 bridgehead atoms. The van der Waals surface area contributed by atoms with Crippen LogP contribution in [0.1, 0.15) is 6.42 Å². The smallest absolute Gasteiger partial charge is 0.379 e. The minimum atomic E-state index is -4.37. The summed E-state index contributed by atoms with van der Waals surface area (Å²) in [4.78, 5) is 9.88. The number of nitro benzene ring substituents is 1. The maximum atomic E-state index is 13.2. The SMILES string of the molecule is O=[N+]([O-])c1cc(I)c(F)cc1NCCC(F)(F)F. The molecule has 0 amide bonds. The first-order valence-electron chi connectivity index (χ1n) is 4.65. The van der Waals surface area contributed by atoms with Gasteiger partial charge in [-0.1, -0.05) is 0 Å². The van der Waals surface area contributed by atoms with Crippen molar-refractivity contribution in [3.8, 4) is 0 Å². The molecule has 0 aromatic heterocycles. The van der Waals surface area contributed by atoms with Crippen LogP contribution in [0.3, 0.4) is 0 Å². The first-order valence-corrected chi connectivity index (χ1v) is 5.72. The Hall–Kier alpha value is -1.13. The van der Waals surface area contributed by atoms with Crippen LogP contribution in [0.4, 0.5) is 28.9 Å². The van der Waals surface area contributed by atoms with Gasteiger partial charge in [-0.3, -0.25) is 10.1 Å². The molecule has 1 N–H and O–H groups in total. The van der Waals surface area contributed by atoms with Crippen molar-refractivity contribution in [2.24, 2.45) is 0 Å². The van der Waals surface area contributed by atoms with E-state index >= 15 is 0 Å². The number of halogens is 5. The van der Waals surface area contributed by atoms with Crippen molar-refractivity contribution < 1.29 is 22.5 Å². The van der Waals surface area contributed by atoms with E-state index in [-0.39, 0.29) is 9.26 Å². The first-order chi connectivity index (χ1) is 8.20. The topological polar surface area (TPSA) is 55.2 Å². The lowest BCUT2D eigenvalue weighted by atomic mass is 10.2. The number of rotatable bonds is 4. The van der Waals surface area contributed by atoms with Gasteiger partial charge in [0.2, 0.25) is 0 Å². The van der Waals surface area contributed by atoms with Crippen LogP contribution >= 0.6 is 22.6 Å². The van der Waals surface area contributed by atoms with E-state index in [4.69, 9.17) is 0 Å². The summed E-state index contributed by atoms with van der Waals surface area (Å²) in [6.07, 6.45) is -5.53. The summed E-state index contributed by atoms with van der Waals surface area (Å²) in [5, 5.41) is 12.9. The van der Waals surface area contributed by atoms with E-state index in [0.717, 1.165) is 12.1 Å². The first kappa shape index (κ1) is 14.9. The molecule has 0 fully saturated rings. The Morgan fingerprint density at radius 1 is 1.39 bits per heavy atom. The van der Waals surface area contributed by atoms with Crippen LogP contribution in [0.5, 0.6) is 0 Å². The summed E-state index contributed by atoms with van der Waals surface area (Å²) < 4.78 is 49.0. The Kier molecular flexibility index (Phi) is 4.71. The lowest BCUT2D eigenvalue weighted by molar-refractivity contribution is -0.384. The summed E-state index contributed by atoms with van der Waals surface area (Å²) >= 11 is 1.56. The van der Waals surface area contributed by atoms with E-state index in [1.165, 1.54) is 0 Å². The van der Waals surface area contributed by atoms with Crippen LogP contribution in [0.15, 0.2) is 12.1 Å². The van der Waals surface area contributed by atoms with Crippen molar-refractivity contribution in [3.05, 3.63) is 31.6 Å². The third kappa shape index (κ3) is 4.27. The van der Waals surface area contributed by atoms with Crippen LogP contribution in [-0.2, 0) is 0 Å². The van der Waals surface area contributed by atoms with Gasteiger partial charge >= 0.3 is 6.18 Å². The van der Waals surface area contributed by atoms with E-state index in [9.17, 15) is 27.7 Å². The average molecular weight is 378 g/mol. The normalized spacial score (nSPS) is 11.4. The van der Waals surface area contributed by atoms with Crippen molar-refractivity contribution in [3.63, 3.8) is 0 Å².